The Morgan fingerprint density at radius 3 is 2.56 bits per heavy atom. The number of fused-ring (bicyclic) bond motifs is 1. The molecule has 168 valence electrons. The molecule has 1 unspecified atom stereocenters. The fourth-order valence-corrected chi connectivity index (χ4v) is 4.40. The molecule has 1 amide bonds. The molecule has 6 nitrogen and oxygen atoms in total. The lowest BCUT2D eigenvalue weighted by molar-refractivity contribution is 0.0697. The summed E-state index contributed by atoms with van der Waals surface area (Å²) in [5, 5.41) is 15.5. The predicted molar refractivity (Wildman–Crippen MR) is 128 cm³/mol. The molecule has 2 N–H and O–H groups in total. The van der Waals surface area contributed by atoms with Crippen molar-refractivity contribution in [3.63, 3.8) is 0 Å². The molecule has 0 aliphatic carbocycles. The molecule has 0 radical (unpaired) electrons. The van der Waals surface area contributed by atoms with Crippen LogP contribution in [-0.2, 0) is 4.74 Å². The van der Waals surface area contributed by atoms with Crippen molar-refractivity contribution in [2.75, 3.05) is 12.4 Å². The van der Waals surface area contributed by atoms with E-state index < -0.39 is 11.9 Å². The van der Waals surface area contributed by atoms with Crippen molar-refractivity contribution < 1.29 is 23.8 Å². The lowest BCUT2D eigenvalue weighted by atomic mass is 9.92. The van der Waals surface area contributed by atoms with E-state index in [1.54, 1.807) is 24.6 Å². The summed E-state index contributed by atoms with van der Waals surface area (Å²) in [5.74, 6) is -0.580. The summed E-state index contributed by atoms with van der Waals surface area (Å²) in [5.41, 5.74) is 2.28. The van der Waals surface area contributed by atoms with Crippen LogP contribution in [0, 0.1) is 5.92 Å². The average molecular weight is 454 g/mol. The highest BCUT2D eigenvalue weighted by molar-refractivity contribution is 7.15. The van der Waals surface area contributed by atoms with Gasteiger partial charge in [-0.25, -0.2) is 4.79 Å². The van der Waals surface area contributed by atoms with Gasteiger partial charge in [-0.2, -0.15) is 0 Å². The zero-order valence-corrected chi connectivity index (χ0v) is 19.6. The van der Waals surface area contributed by atoms with Crippen molar-refractivity contribution in [3.05, 3.63) is 76.1 Å². The minimum Gasteiger partial charge on any atom is -0.497 e. The number of carbonyl (C=O) groups excluding carboxylic acids is 1. The van der Waals surface area contributed by atoms with Crippen LogP contribution in [0.2, 0.25) is 0 Å². The second-order valence-corrected chi connectivity index (χ2v) is 8.81. The first-order valence-electron chi connectivity index (χ1n) is 10.3. The van der Waals surface area contributed by atoms with Crippen molar-refractivity contribution in [3.8, 4) is 0 Å². The van der Waals surface area contributed by atoms with Crippen LogP contribution < -0.4 is 5.32 Å². The monoisotopic (exact) mass is 453 g/mol. The van der Waals surface area contributed by atoms with Crippen molar-refractivity contribution in [1.29, 1.82) is 0 Å². The number of hydrogen-bond donors (Lipinski definition) is 2. The lowest BCUT2D eigenvalue weighted by Crippen LogP contribution is -2.13. The van der Waals surface area contributed by atoms with Crippen LogP contribution in [0.15, 0.2) is 63.6 Å². The summed E-state index contributed by atoms with van der Waals surface area (Å²) < 4.78 is 11.0. The van der Waals surface area contributed by atoms with Crippen LogP contribution in [0.25, 0.3) is 11.0 Å². The molecule has 0 bridgehead atoms. The van der Waals surface area contributed by atoms with Crippen molar-refractivity contribution in [2.24, 2.45) is 5.92 Å². The number of para-hydroxylation sites is 1. The van der Waals surface area contributed by atoms with Gasteiger partial charge in [-0.15, -0.1) is 11.3 Å². The standard InChI is InChI=1S/C25H27NO5S/c1-14(2)10-18(30-5)11-15(3)16(4)19-13-32-24(22(19)25(28)29)26-23(27)21-12-17-8-6-7-9-20(17)31-21/h6-14,16H,1-5H3,(H,26,27)(H,28,29)/b15-11-,18-10+. The molecule has 0 aliphatic heterocycles. The molecule has 3 rings (SSSR count). The highest BCUT2D eigenvalue weighted by Gasteiger charge is 2.25. The maximum absolute atomic E-state index is 12.7. The number of allylic oxidation sites excluding steroid dienone is 3. The second-order valence-electron chi connectivity index (χ2n) is 7.93. The number of anilines is 1. The summed E-state index contributed by atoms with van der Waals surface area (Å²) in [4.78, 5) is 24.8. The fourth-order valence-electron chi connectivity index (χ4n) is 3.36. The van der Waals surface area contributed by atoms with E-state index in [-0.39, 0.29) is 22.2 Å². The van der Waals surface area contributed by atoms with E-state index in [1.165, 1.54) is 11.3 Å². The third-order valence-corrected chi connectivity index (χ3v) is 6.08. The van der Waals surface area contributed by atoms with Crippen LogP contribution in [0.5, 0.6) is 0 Å². The summed E-state index contributed by atoms with van der Waals surface area (Å²) in [6, 6.07) is 8.94. The van der Waals surface area contributed by atoms with Crippen LogP contribution in [0.4, 0.5) is 5.00 Å². The molecule has 32 heavy (non-hydrogen) atoms. The van der Waals surface area contributed by atoms with Gasteiger partial charge in [-0.1, -0.05) is 44.5 Å². The van der Waals surface area contributed by atoms with Crippen LogP contribution >= 0.6 is 11.3 Å². The van der Waals surface area contributed by atoms with Gasteiger partial charge in [-0.3, -0.25) is 4.79 Å². The second kappa shape index (κ2) is 9.87. The number of thiophene rings is 1. The normalized spacial score (nSPS) is 13.4. The number of methoxy groups -OCH3 is 1. The van der Waals surface area contributed by atoms with E-state index in [0.717, 1.165) is 16.7 Å². The number of carboxylic acid groups (broad SMARTS) is 1. The number of aromatic carboxylic acids is 1. The van der Waals surface area contributed by atoms with Crippen LogP contribution in [0.1, 0.15) is 60.1 Å². The number of rotatable bonds is 8. The topological polar surface area (TPSA) is 88.8 Å². The molecule has 0 fully saturated rings. The van der Waals surface area contributed by atoms with Crippen molar-refractivity contribution >= 4 is 39.2 Å². The summed E-state index contributed by atoms with van der Waals surface area (Å²) in [6.07, 6.45) is 3.92. The quantitative estimate of drug-likeness (QED) is 0.293. The zero-order chi connectivity index (χ0) is 23.4. The third kappa shape index (κ3) is 5.11. The Morgan fingerprint density at radius 2 is 1.94 bits per heavy atom. The molecule has 0 saturated heterocycles. The van der Waals surface area contributed by atoms with E-state index >= 15 is 0 Å². The van der Waals surface area contributed by atoms with Crippen molar-refractivity contribution in [1.82, 2.24) is 0 Å². The van der Waals surface area contributed by atoms with Gasteiger partial charge in [0.1, 0.15) is 16.3 Å². The Kier molecular flexibility index (Phi) is 7.20. The molecule has 3 aromatic rings. The number of ether oxygens (including phenoxy) is 1. The zero-order valence-electron chi connectivity index (χ0n) is 18.8. The molecule has 2 heterocycles. The minimum atomic E-state index is -1.09. The Hall–Kier alpha value is -3.32. The molecule has 2 aromatic heterocycles. The number of carboxylic acids is 1. The van der Waals surface area contributed by atoms with Gasteiger partial charge in [-0.05, 0) is 48.1 Å². The summed E-state index contributed by atoms with van der Waals surface area (Å²) in [6.45, 7) is 8.00. The number of amides is 1. The Labute approximate surface area is 191 Å². The average Bonchev–Trinajstić information content (AvgIpc) is 3.36. The third-order valence-electron chi connectivity index (χ3n) is 5.16. The number of furan rings is 1. The van der Waals surface area contributed by atoms with Gasteiger partial charge in [0.05, 0.1) is 12.7 Å². The first kappa shape index (κ1) is 23.3. The summed E-state index contributed by atoms with van der Waals surface area (Å²) in [7, 11) is 1.61. The number of benzene rings is 1. The van der Waals surface area contributed by atoms with Crippen LogP contribution in [-0.4, -0.2) is 24.1 Å². The molecule has 0 aliphatic rings. The Balaban J connectivity index is 1.89. The van der Waals surface area contributed by atoms with Gasteiger partial charge in [0, 0.05) is 11.3 Å². The van der Waals surface area contributed by atoms with E-state index in [4.69, 9.17) is 9.15 Å². The maximum Gasteiger partial charge on any atom is 0.339 e. The van der Waals surface area contributed by atoms with Crippen molar-refractivity contribution in [2.45, 2.75) is 33.6 Å². The molecular formula is C25H27NO5S. The number of carbonyl (C=O) groups is 2. The molecule has 0 spiro atoms. The van der Waals surface area contributed by atoms with E-state index in [0.29, 0.717) is 17.1 Å². The smallest absolute Gasteiger partial charge is 0.339 e. The lowest BCUT2D eigenvalue weighted by Gasteiger charge is -2.14. The molecule has 1 atom stereocenters. The van der Waals surface area contributed by atoms with Gasteiger partial charge in [0.15, 0.2) is 5.76 Å². The van der Waals surface area contributed by atoms with Gasteiger partial charge < -0.3 is 19.6 Å². The fraction of sp³-hybridized carbons (Fsp3) is 0.280. The van der Waals surface area contributed by atoms with E-state index in [1.807, 2.05) is 44.2 Å². The van der Waals surface area contributed by atoms with E-state index in [2.05, 4.69) is 19.2 Å². The Bertz CT molecular complexity index is 1170. The van der Waals surface area contributed by atoms with E-state index in [9.17, 15) is 14.7 Å². The minimum absolute atomic E-state index is 0.0894. The largest absolute Gasteiger partial charge is 0.497 e. The molecule has 0 saturated carbocycles. The first-order valence-corrected chi connectivity index (χ1v) is 11.2. The van der Waals surface area contributed by atoms with Gasteiger partial charge in [0.2, 0.25) is 0 Å². The predicted octanol–water partition coefficient (Wildman–Crippen LogP) is 6.68. The molecular weight excluding hydrogens is 426 g/mol. The van der Waals surface area contributed by atoms with Gasteiger partial charge in [0.25, 0.3) is 5.91 Å². The Morgan fingerprint density at radius 1 is 1.22 bits per heavy atom. The number of hydrogen-bond acceptors (Lipinski definition) is 5. The summed E-state index contributed by atoms with van der Waals surface area (Å²) >= 11 is 1.19. The SMILES string of the molecule is COC(/C=C(/C)C(C)c1csc(NC(=O)c2cc3ccccc3o2)c1C(=O)O)=C/C(C)C. The number of nitrogens with one attached hydrogen (secondary N) is 1. The van der Waals surface area contributed by atoms with Gasteiger partial charge >= 0.3 is 5.97 Å². The highest BCUT2D eigenvalue weighted by Crippen LogP contribution is 2.37. The highest BCUT2D eigenvalue weighted by atomic mass is 32.1. The van der Waals surface area contributed by atoms with Crippen LogP contribution in [0.3, 0.4) is 0 Å². The molecule has 7 heteroatoms. The molecule has 1 aromatic carbocycles. The first-order chi connectivity index (χ1) is 15.2. The maximum atomic E-state index is 12.7.